The maximum atomic E-state index is 5.60. The predicted molar refractivity (Wildman–Crippen MR) is 78.2 cm³/mol. The van der Waals surface area contributed by atoms with Crippen LogP contribution in [0.15, 0.2) is 36.9 Å². The van der Waals surface area contributed by atoms with Gasteiger partial charge in [-0.3, -0.25) is 4.98 Å². The van der Waals surface area contributed by atoms with E-state index in [1.54, 1.807) is 19.5 Å². The van der Waals surface area contributed by atoms with Crippen LogP contribution in [0.25, 0.3) is 0 Å². The van der Waals surface area contributed by atoms with E-state index in [0.29, 0.717) is 24.2 Å². The van der Waals surface area contributed by atoms with Crippen molar-refractivity contribution >= 4 is 5.95 Å². The highest BCUT2D eigenvalue weighted by atomic mass is 16.5. The van der Waals surface area contributed by atoms with Crippen LogP contribution in [0, 0.1) is 5.92 Å². The zero-order valence-electron chi connectivity index (χ0n) is 11.9. The fourth-order valence-corrected chi connectivity index (χ4v) is 2.44. The predicted octanol–water partition coefficient (Wildman–Crippen LogP) is 1.55. The number of pyridine rings is 1. The van der Waals surface area contributed by atoms with Gasteiger partial charge in [0.2, 0.25) is 5.95 Å². The van der Waals surface area contributed by atoms with Gasteiger partial charge in [-0.2, -0.15) is 0 Å². The molecular formula is C15H18N4O2. The maximum Gasteiger partial charge on any atom is 0.223 e. The van der Waals surface area contributed by atoms with Crippen molar-refractivity contribution in [1.82, 2.24) is 15.0 Å². The molecule has 1 fully saturated rings. The monoisotopic (exact) mass is 286 g/mol. The van der Waals surface area contributed by atoms with Gasteiger partial charge in [-0.25, -0.2) is 9.97 Å². The molecule has 0 saturated carbocycles. The smallest absolute Gasteiger partial charge is 0.223 e. The first-order valence-electron chi connectivity index (χ1n) is 6.94. The number of anilines is 1. The summed E-state index contributed by atoms with van der Waals surface area (Å²) in [5, 5.41) is 3.34. The molecule has 2 atom stereocenters. The molecule has 21 heavy (non-hydrogen) atoms. The Morgan fingerprint density at radius 1 is 1.24 bits per heavy atom. The van der Waals surface area contributed by atoms with Crippen LogP contribution in [0.2, 0.25) is 0 Å². The molecule has 3 rings (SSSR count). The average Bonchev–Trinajstić information content (AvgIpc) is 2.96. The number of rotatable bonds is 5. The quantitative estimate of drug-likeness (QED) is 0.899. The van der Waals surface area contributed by atoms with Gasteiger partial charge >= 0.3 is 0 Å². The number of nitrogens with zero attached hydrogens (tertiary/aromatic N) is 3. The number of hydrogen-bond donors (Lipinski definition) is 1. The molecule has 6 heteroatoms. The van der Waals surface area contributed by atoms with Crippen LogP contribution in [0.3, 0.4) is 0 Å². The van der Waals surface area contributed by atoms with E-state index in [0.717, 1.165) is 13.0 Å². The SMILES string of the molecule is COc1cnc(N[C@@H]2COC[C@H]2Cc2ccncc2)nc1. The zero-order chi connectivity index (χ0) is 14.5. The molecule has 0 radical (unpaired) electrons. The molecule has 0 bridgehead atoms. The standard InChI is InChI=1S/C15H18N4O2/c1-20-13-7-17-15(18-8-13)19-14-10-21-9-12(14)6-11-2-4-16-5-3-11/h2-5,7-8,12,14H,6,9-10H2,1H3,(H,17,18,19)/t12-,14-/m1/s1. The molecule has 0 amide bonds. The Kier molecular flexibility index (Phi) is 4.25. The fraction of sp³-hybridized carbons (Fsp3) is 0.400. The summed E-state index contributed by atoms with van der Waals surface area (Å²) in [5.41, 5.74) is 1.27. The summed E-state index contributed by atoms with van der Waals surface area (Å²) < 4.78 is 10.7. The van der Waals surface area contributed by atoms with Gasteiger partial charge in [-0.15, -0.1) is 0 Å². The Morgan fingerprint density at radius 3 is 2.71 bits per heavy atom. The lowest BCUT2D eigenvalue weighted by Gasteiger charge is -2.19. The van der Waals surface area contributed by atoms with Crippen molar-refractivity contribution < 1.29 is 9.47 Å². The molecule has 0 aliphatic carbocycles. The van der Waals surface area contributed by atoms with Crippen molar-refractivity contribution in [3.8, 4) is 5.75 Å². The molecule has 6 nitrogen and oxygen atoms in total. The summed E-state index contributed by atoms with van der Waals surface area (Å²) in [6, 6.07) is 4.30. The summed E-state index contributed by atoms with van der Waals surface area (Å²) in [6.07, 6.45) is 7.91. The number of hydrogen-bond acceptors (Lipinski definition) is 6. The minimum atomic E-state index is 0.214. The molecule has 2 aromatic heterocycles. The summed E-state index contributed by atoms with van der Waals surface area (Å²) in [4.78, 5) is 12.5. The van der Waals surface area contributed by atoms with Gasteiger partial charge in [0, 0.05) is 18.3 Å². The van der Waals surface area contributed by atoms with Crippen LogP contribution in [0.5, 0.6) is 5.75 Å². The summed E-state index contributed by atoms with van der Waals surface area (Å²) in [5.74, 6) is 1.65. The van der Waals surface area contributed by atoms with Crippen molar-refractivity contribution in [2.75, 3.05) is 25.6 Å². The second-order valence-corrected chi connectivity index (χ2v) is 5.05. The number of methoxy groups -OCH3 is 1. The fourth-order valence-electron chi connectivity index (χ4n) is 2.44. The Bertz CT molecular complexity index is 562. The van der Waals surface area contributed by atoms with E-state index in [-0.39, 0.29) is 6.04 Å². The molecule has 1 aliphatic rings. The molecule has 1 aliphatic heterocycles. The molecule has 1 saturated heterocycles. The summed E-state index contributed by atoms with van der Waals surface area (Å²) >= 11 is 0. The van der Waals surface area contributed by atoms with Gasteiger partial charge in [0.25, 0.3) is 0 Å². The lowest BCUT2D eigenvalue weighted by atomic mass is 9.95. The molecule has 1 N–H and O–H groups in total. The highest BCUT2D eigenvalue weighted by Crippen LogP contribution is 2.21. The van der Waals surface area contributed by atoms with E-state index in [1.165, 1.54) is 5.56 Å². The molecule has 3 heterocycles. The third-order valence-electron chi connectivity index (χ3n) is 3.62. The Balaban J connectivity index is 1.63. The summed E-state index contributed by atoms with van der Waals surface area (Å²) in [7, 11) is 1.60. The maximum absolute atomic E-state index is 5.60. The topological polar surface area (TPSA) is 69.2 Å². The first-order valence-corrected chi connectivity index (χ1v) is 6.94. The normalized spacial score (nSPS) is 21.2. The van der Waals surface area contributed by atoms with E-state index >= 15 is 0 Å². The van der Waals surface area contributed by atoms with Crippen molar-refractivity contribution in [2.45, 2.75) is 12.5 Å². The lowest BCUT2D eigenvalue weighted by Crippen LogP contribution is -2.30. The van der Waals surface area contributed by atoms with Crippen LogP contribution >= 0.6 is 0 Å². The Hall–Kier alpha value is -2.21. The third kappa shape index (κ3) is 3.46. The van der Waals surface area contributed by atoms with Gasteiger partial charge in [0.05, 0.1) is 38.8 Å². The lowest BCUT2D eigenvalue weighted by molar-refractivity contribution is 0.185. The third-order valence-corrected chi connectivity index (χ3v) is 3.62. The van der Waals surface area contributed by atoms with E-state index in [4.69, 9.17) is 9.47 Å². The zero-order valence-corrected chi connectivity index (χ0v) is 11.9. The van der Waals surface area contributed by atoms with Crippen LogP contribution in [0.1, 0.15) is 5.56 Å². The second-order valence-electron chi connectivity index (χ2n) is 5.05. The van der Waals surface area contributed by atoms with E-state index < -0.39 is 0 Å². The second kappa shape index (κ2) is 6.49. The van der Waals surface area contributed by atoms with Crippen LogP contribution < -0.4 is 10.1 Å². The molecule has 0 unspecified atom stereocenters. The Labute approximate surface area is 123 Å². The van der Waals surface area contributed by atoms with Crippen molar-refractivity contribution in [1.29, 1.82) is 0 Å². The van der Waals surface area contributed by atoms with E-state index in [2.05, 4.69) is 20.3 Å². The van der Waals surface area contributed by atoms with Crippen molar-refractivity contribution in [2.24, 2.45) is 5.92 Å². The minimum Gasteiger partial charge on any atom is -0.494 e. The first-order chi connectivity index (χ1) is 10.3. The molecule has 2 aromatic rings. The van der Waals surface area contributed by atoms with E-state index in [1.807, 2.05) is 24.5 Å². The largest absolute Gasteiger partial charge is 0.494 e. The van der Waals surface area contributed by atoms with Gasteiger partial charge < -0.3 is 14.8 Å². The molecule has 0 spiro atoms. The van der Waals surface area contributed by atoms with Gasteiger partial charge in [0.15, 0.2) is 5.75 Å². The van der Waals surface area contributed by atoms with Crippen LogP contribution in [-0.2, 0) is 11.2 Å². The number of ether oxygens (including phenoxy) is 2. The van der Waals surface area contributed by atoms with Crippen LogP contribution in [0.4, 0.5) is 5.95 Å². The van der Waals surface area contributed by atoms with Gasteiger partial charge in [0.1, 0.15) is 0 Å². The van der Waals surface area contributed by atoms with Crippen molar-refractivity contribution in [3.05, 3.63) is 42.5 Å². The molecular weight excluding hydrogens is 268 g/mol. The molecule has 110 valence electrons. The average molecular weight is 286 g/mol. The van der Waals surface area contributed by atoms with Crippen molar-refractivity contribution in [3.63, 3.8) is 0 Å². The molecule has 0 aromatic carbocycles. The Morgan fingerprint density at radius 2 is 2.00 bits per heavy atom. The van der Waals surface area contributed by atoms with E-state index in [9.17, 15) is 0 Å². The number of aromatic nitrogens is 3. The van der Waals surface area contributed by atoms with Gasteiger partial charge in [-0.1, -0.05) is 0 Å². The minimum absolute atomic E-state index is 0.214. The highest BCUT2D eigenvalue weighted by molar-refractivity contribution is 5.29. The summed E-state index contributed by atoms with van der Waals surface area (Å²) in [6.45, 7) is 1.42. The highest BCUT2D eigenvalue weighted by Gasteiger charge is 2.28. The van der Waals surface area contributed by atoms with Crippen LogP contribution in [-0.4, -0.2) is 41.3 Å². The van der Waals surface area contributed by atoms with Gasteiger partial charge in [-0.05, 0) is 24.1 Å². The first kappa shape index (κ1) is 13.8. The number of nitrogens with one attached hydrogen (secondary N) is 1.